The lowest BCUT2D eigenvalue weighted by Crippen LogP contribution is -1.95. The first kappa shape index (κ1) is 12.3. The van der Waals surface area contributed by atoms with Gasteiger partial charge in [0.1, 0.15) is 5.58 Å². The van der Waals surface area contributed by atoms with Crippen LogP contribution in [0.5, 0.6) is 0 Å². The first-order valence-corrected chi connectivity index (χ1v) is 7.24. The van der Waals surface area contributed by atoms with Gasteiger partial charge in [-0.05, 0) is 30.3 Å². The topological polar surface area (TPSA) is 43.9 Å². The van der Waals surface area contributed by atoms with Crippen LogP contribution in [0.3, 0.4) is 0 Å². The normalized spacial score (nSPS) is 11.1. The lowest BCUT2D eigenvalue weighted by atomic mass is 10.1. The molecule has 0 aliphatic carbocycles. The van der Waals surface area contributed by atoms with Gasteiger partial charge in [-0.3, -0.25) is 0 Å². The van der Waals surface area contributed by atoms with Crippen LogP contribution in [0.4, 0.5) is 0 Å². The van der Waals surface area contributed by atoms with Gasteiger partial charge in [-0.15, -0.1) is 0 Å². The number of halogens is 1. The number of rotatable bonds is 2. The molecular formula is C16H10BrN3O. The Morgan fingerprint density at radius 1 is 1.14 bits per heavy atom. The van der Waals surface area contributed by atoms with Crippen molar-refractivity contribution in [3.8, 4) is 16.9 Å². The maximum Gasteiger partial charge on any atom is 0.153 e. The zero-order valence-corrected chi connectivity index (χ0v) is 12.5. The van der Waals surface area contributed by atoms with E-state index in [1.807, 2.05) is 48.8 Å². The van der Waals surface area contributed by atoms with Gasteiger partial charge in [0.05, 0.1) is 12.5 Å². The number of pyridine rings is 1. The van der Waals surface area contributed by atoms with Crippen LogP contribution in [0, 0.1) is 0 Å². The SMILES string of the molecule is Brc1ccc2occ(-c3cnn(-c4ccccn4)c3)c2c1. The molecule has 3 aromatic heterocycles. The van der Waals surface area contributed by atoms with Crippen LogP contribution in [0.1, 0.15) is 0 Å². The Balaban J connectivity index is 1.83. The molecule has 5 heteroatoms. The smallest absolute Gasteiger partial charge is 0.153 e. The molecule has 0 unspecified atom stereocenters. The number of benzene rings is 1. The average molecular weight is 340 g/mol. The lowest BCUT2D eigenvalue weighted by Gasteiger charge is -1.98. The van der Waals surface area contributed by atoms with Crippen molar-refractivity contribution in [1.82, 2.24) is 14.8 Å². The van der Waals surface area contributed by atoms with E-state index in [0.717, 1.165) is 32.4 Å². The van der Waals surface area contributed by atoms with Gasteiger partial charge in [0, 0.05) is 33.4 Å². The molecular weight excluding hydrogens is 330 g/mol. The highest BCUT2D eigenvalue weighted by Crippen LogP contribution is 2.32. The summed E-state index contributed by atoms with van der Waals surface area (Å²) in [6.07, 6.45) is 7.28. The second-order valence-electron chi connectivity index (χ2n) is 4.65. The summed E-state index contributed by atoms with van der Waals surface area (Å²) in [4.78, 5) is 4.29. The van der Waals surface area contributed by atoms with E-state index in [2.05, 4.69) is 26.0 Å². The Labute approximate surface area is 129 Å². The van der Waals surface area contributed by atoms with Gasteiger partial charge in [-0.1, -0.05) is 22.0 Å². The number of nitrogens with zero attached hydrogens (tertiary/aromatic N) is 3. The Morgan fingerprint density at radius 2 is 2.10 bits per heavy atom. The zero-order valence-electron chi connectivity index (χ0n) is 10.9. The summed E-state index contributed by atoms with van der Waals surface area (Å²) in [5.41, 5.74) is 2.88. The van der Waals surface area contributed by atoms with E-state index in [0.29, 0.717) is 0 Å². The van der Waals surface area contributed by atoms with Crippen molar-refractivity contribution in [3.05, 3.63) is 65.7 Å². The molecule has 0 atom stereocenters. The Morgan fingerprint density at radius 3 is 2.95 bits per heavy atom. The number of aromatic nitrogens is 3. The van der Waals surface area contributed by atoms with E-state index in [-0.39, 0.29) is 0 Å². The van der Waals surface area contributed by atoms with Crippen LogP contribution in [-0.4, -0.2) is 14.8 Å². The second-order valence-corrected chi connectivity index (χ2v) is 5.57. The summed E-state index contributed by atoms with van der Waals surface area (Å²) >= 11 is 3.49. The van der Waals surface area contributed by atoms with Crippen LogP contribution < -0.4 is 0 Å². The third-order valence-electron chi connectivity index (χ3n) is 3.31. The van der Waals surface area contributed by atoms with E-state index < -0.39 is 0 Å². The van der Waals surface area contributed by atoms with Crippen molar-refractivity contribution < 1.29 is 4.42 Å². The molecule has 4 rings (SSSR count). The standard InChI is InChI=1S/C16H10BrN3O/c17-12-4-5-15-13(7-12)14(10-21-15)11-8-19-20(9-11)16-3-1-2-6-18-16/h1-10H. The number of hydrogen-bond acceptors (Lipinski definition) is 3. The Kier molecular flexibility index (Phi) is 2.86. The average Bonchev–Trinajstić information content (AvgIpc) is 3.14. The predicted octanol–water partition coefficient (Wildman–Crippen LogP) is 4.44. The fourth-order valence-electron chi connectivity index (χ4n) is 2.30. The van der Waals surface area contributed by atoms with Gasteiger partial charge in [-0.25, -0.2) is 9.67 Å². The van der Waals surface area contributed by atoms with Crippen molar-refractivity contribution in [2.75, 3.05) is 0 Å². The molecule has 0 fully saturated rings. The fourth-order valence-corrected chi connectivity index (χ4v) is 2.66. The summed E-state index contributed by atoms with van der Waals surface area (Å²) in [5, 5.41) is 5.43. The van der Waals surface area contributed by atoms with E-state index >= 15 is 0 Å². The van der Waals surface area contributed by atoms with E-state index in [1.165, 1.54) is 0 Å². The second kappa shape index (κ2) is 4.86. The van der Waals surface area contributed by atoms with Gasteiger partial charge in [-0.2, -0.15) is 5.10 Å². The molecule has 0 saturated heterocycles. The zero-order chi connectivity index (χ0) is 14.2. The van der Waals surface area contributed by atoms with Crippen molar-refractivity contribution in [2.24, 2.45) is 0 Å². The molecule has 21 heavy (non-hydrogen) atoms. The third-order valence-corrected chi connectivity index (χ3v) is 3.81. The molecule has 102 valence electrons. The molecule has 0 spiro atoms. The van der Waals surface area contributed by atoms with E-state index in [1.54, 1.807) is 17.1 Å². The van der Waals surface area contributed by atoms with Crippen molar-refractivity contribution in [3.63, 3.8) is 0 Å². The molecule has 1 aromatic carbocycles. The quantitative estimate of drug-likeness (QED) is 0.542. The Hall–Kier alpha value is -2.40. The Bertz CT molecular complexity index is 912. The summed E-state index contributed by atoms with van der Waals surface area (Å²) in [5.74, 6) is 0.790. The van der Waals surface area contributed by atoms with E-state index in [4.69, 9.17) is 4.42 Å². The minimum atomic E-state index is 0.790. The first-order valence-electron chi connectivity index (χ1n) is 6.44. The van der Waals surface area contributed by atoms with Gasteiger partial charge in [0.2, 0.25) is 0 Å². The molecule has 4 aromatic rings. The van der Waals surface area contributed by atoms with Crippen LogP contribution in [-0.2, 0) is 0 Å². The monoisotopic (exact) mass is 339 g/mol. The van der Waals surface area contributed by atoms with Crippen molar-refractivity contribution in [2.45, 2.75) is 0 Å². The lowest BCUT2D eigenvalue weighted by molar-refractivity contribution is 0.617. The minimum absolute atomic E-state index is 0.790. The molecule has 0 N–H and O–H groups in total. The third kappa shape index (κ3) is 2.15. The maximum atomic E-state index is 5.60. The van der Waals surface area contributed by atoms with Gasteiger partial charge in [0.15, 0.2) is 5.82 Å². The van der Waals surface area contributed by atoms with Crippen molar-refractivity contribution >= 4 is 26.9 Å². The molecule has 0 aliphatic heterocycles. The summed E-state index contributed by atoms with van der Waals surface area (Å²) in [7, 11) is 0. The highest BCUT2D eigenvalue weighted by molar-refractivity contribution is 9.10. The van der Waals surface area contributed by atoms with Crippen LogP contribution >= 0.6 is 15.9 Å². The summed E-state index contributed by atoms with van der Waals surface area (Å²) in [6, 6.07) is 11.7. The molecule has 0 bridgehead atoms. The number of hydrogen-bond donors (Lipinski definition) is 0. The summed E-state index contributed by atoms with van der Waals surface area (Å²) < 4.78 is 8.38. The fraction of sp³-hybridized carbons (Fsp3) is 0. The van der Waals surface area contributed by atoms with Crippen LogP contribution in [0.2, 0.25) is 0 Å². The highest BCUT2D eigenvalue weighted by atomic mass is 79.9. The highest BCUT2D eigenvalue weighted by Gasteiger charge is 2.11. The minimum Gasteiger partial charge on any atom is -0.464 e. The summed E-state index contributed by atoms with van der Waals surface area (Å²) in [6.45, 7) is 0. The number of furan rings is 1. The van der Waals surface area contributed by atoms with Gasteiger partial charge < -0.3 is 4.42 Å². The molecule has 4 nitrogen and oxygen atoms in total. The molecule has 0 amide bonds. The number of fused-ring (bicyclic) bond motifs is 1. The van der Waals surface area contributed by atoms with Crippen LogP contribution in [0.25, 0.3) is 27.9 Å². The maximum absolute atomic E-state index is 5.60. The van der Waals surface area contributed by atoms with Crippen molar-refractivity contribution in [1.29, 1.82) is 0 Å². The first-order chi connectivity index (χ1) is 10.3. The van der Waals surface area contributed by atoms with E-state index in [9.17, 15) is 0 Å². The molecule has 0 saturated carbocycles. The molecule has 0 radical (unpaired) electrons. The largest absolute Gasteiger partial charge is 0.464 e. The van der Waals surface area contributed by atoms with Crippen LogP contribution in [0.15, 0.2) is 70.1 Å². The van der Waals surface area contributed by atoms with Gasteiger partial charge >= 0.3 is 0 Å². The van der Waals surface area contributed by atoms with Gasteiger partial charge in [0.25, 0.3) is 0 Å². The molecule has 0 aliphatic rings. The predicted molar refractivity (Wildman–Crippen MR) is 84.3 cm³/mol. The molecule has 3 heterocycles.